The zero-order chi connectivity index (χ0) is 16.2. The number of amides is 1. The maximum Gasteiger partial charge on any atom is 0.408 e. The molecule has 3 aromatic rings. The van der Waals surface area contributed by atoms with Crippen LogP contribution in [0.15, 0.2) is 56.7 Å². The number of benzene rings is 1. The lowest BCUT2D eigenvalue weighted by Gasteiger charge is -2.08. The second-order valence-electron chi connectivity index (χ2n) is 4.70. The van der Waals surface area contributed by atoms with Gasteiger partial charge in [-0.05, 0) is 24.3 Å². The first-order valence-corrected chi connectivity index (χ1v) is 6.80. The number of fused-ring (bicyclic) bond motifs is 1. The first-order valence-electron chi connectivity index (χ1n) is 6.80. The maximum atomic E-state index is 12.2. The Morgan fingerprint density at radius 3 is 2.83 bits per heavy atom. The zero-order valence-electron chi connectivity index (χ0n) is 11.9. The van der Waals surface area contributed by atoms with Gasteiger partial charge in [-0.1, -0.05) is 12.1 Å². The highest BCUT2D eigenvalue weighted by Gasteiger charge is 2.09. The van der Waals surface area contributed by atoms with Gasteiger partial charge in [0.25, 0.3) is 5.56 Å². The molecule has 2 heterocycles. The highest BCUT2D eigenvalue weighted by atomic mass is 16.6. The number of carbonyl (C=O) groups excluding carboxylic acids is 1. The summed E-state index contributed by atoms with van der Waals surface area (Å²) in [7, 11) is 0. The summed E-state index contributed by atoms with van der Waals surface area (Å²) in [6, 6.07) is 9.97. The molecular formula is C15H13N3O5. The number of furan rings is 1. The van der Waals surface area contributed by atoms with Crippen LogP contribution in [-0.4, -0.2) is 15.6 Å². The number of nitrogens with one attached hydrogen (secondary N) is 2. The van der Waals surface area contributed by atoms with Crippen molar-refractivity contribution in [3.8, 4) is 0 Å². The molecular weight excluding hydrogens is 302 g/mol. The van der Waals surface area contributed by atoms with Crippen LogP contribution in [0.25, 0.3) is 10.9 Å². The van der Waals surface area contributed by atoms with Crippen molar-refractivity contribution < 1.29 is 13.9 Å². The Labute approximate surface area is 129 Å². The monoisotopic (exact) mass is 315 g/mol. The Bertz CT molecular complexity index is 940. The predicted octanol–water partition coefficient (Wildman–Crippen LogP) is 1.17. The van der Waals surface area contributed by atoms with Crippen molar-refractivity contribution in [1.82, 2.24) is 14.9 Å². The molecule has 0 saturated heterocycles. The lowest BCUT2D eigenvalue weighted by molar-refractivity contribution is 0.128. The Hall–Kier alpha value is -3.29. The van der Waals surface area contributed by atoms with Crippen molar-refractivity contribution in [3.63, 3.8) is 0 Å². The number of aromatic amines is 1. The van der Waals surface area contributed by atoms with Crippen LogP contribution in [0.4, 0.5) is 4.79 Å². The molecule has 0 radical (unpaired) electrons. The smallest absolute Gasteiger partial charge is 0.408 e. The summed E-state index contributed by atoms with van der Waals surface area (Å²) in [5.41, 5.74) is -0.658. The molecule has 3 rings (SSSR count). The van der Waals surface area contributed by atoms with E-state index in [0.717, 1.165) is 4.57 Å². The van der Waals surface area contributed by atoms with Gasteiger partial charge in [-0.3, -0.25) is 4.79 Å². The first kappa shape index (κ1) is 14.6. The molecule has 2 aromatic heterocycles. The van der Waals surface area contributed by atoms with Gasteiger partial charge in [-0.15, -0.1) is 0 Å². The van der Waals surface area contributed by atoms with Crippen molar-refractivity contribution in [2.45, 2.75) is 13.3 Å². The summed E-state index contributed by atoms with van der Waals surface area (Å²) in [5.74, 6) is 0.487. The van der Waals surface area contributed by atoms with E-state index in [1.165, 1.54) is 6.26 Å². The SMILES string of the molecule is O=C(NCn1c(=O)[nH]c2ccccc2c1=O)OCc1ccco1. The van der Waals surface area contributed by atoms with E-state index in [-0.39, 0.29) is 13.3 Å². The Morgan fingerprint density at radius 2 is 2.04 bits per heavy atom. The van der Waals surface area contributed by atoms with Gasteiger partial charge in [0.05, 0.1) is 17.2 Å². The van der Waals surface area contributed by atoms with Gasteiger partial charge in [0.1, 0.15) is 12.4 Å². The molecule has 0 spiro atoms. The van der Waals surface area contributed by atoms with Crippen molar-refractivity contribution in [2.24, 2.45) is 0 Å². The molecule has 23 heavy (non-hydrogen) atoms. The molecule has 0 aliphatic carbocycles. The van der Waals surface area contributed by atoms with Gasteiger partial charge in [0.2, 0.25) is 0 Å². The molecule has 1 amide bonds. The summed E-state index contributed by atoms with van der Waals surface area (Å²) < 4.78 is 10.8. The summed E-state index contributed by atoms with van der Waals surface area (Å²) in [4.78, 5) is 38.3. The standard InChI is InChI=1S/C15H13N3O5/c19-13-11-5-1-2-6-12(11)17-14(20)18(13)9-16-15(21)23-8-10-4-3-7-22-10/h1-7H,8-9H2,(H,16,21)(H,17,20). The van der Waals surface area contributed by atoms with Crippen molar-refractivity contribution in [1.29, 1.82) is 0 Å². The fourth-order valence-electron chi connectivity index (χ4n) is 2.07. The lowest BCUT2D eigenvalue weighted by atomic mass is 10.2. The van der Waals surface area contributed by atoms with E-state index in [1.807, 2.05) is 0 Å². The molecule has 0 saturated carbocycles. The minimum atomic E-state index is -0.763. The van der Waals surface area contributed by atoms with Crippen LogP contribution in [-0.2, 0) is 18.0 Å². The van der Waals surface area contributed by atoms with Gasteiger partial charge < -0.3 is 19.5 Å². The fourth-order valence-corrected chi connectivity index (χ4v) is 2.07. The summed E-state index contributed by atoms with van der Waals surface area (Å²) >= 11 is 0. The molecule has 8 heteroatoms. The van der Waals surface area contributed by atoms with Gasteiger partial charge in [-0.25, -0.2) is 14.2 Å². The van der Waals surface area contributed by atoms with E-state index in [1.54, 1.807) is 36.4 Å². The highest BCUT2D eigenvalue weighted by molar-refractivity contribution is 5.76. The molecule has 2 N–H and O–H groups in total. The van der Waals surface area contributed by atoms with Crippen LogP contribution in [0.2, 0.25) is 0 Å². The highest BCUT2D eigenvalue weighted by Crippen LogP contribution is 2.03. The predicted molar refractivity (Wildman–Crippen MR) is 80.9 cm³/mol. The van der Waals surface area contributed by atoms with Gasteiger partial charge in [-0.2, -0.15) is 0 Å². The quantitative estimate of drug-likeness (QED) is 0.751. The summed E-state index contributed by atoms with van der Waals surface area (Å²) in [5, 5.41) is 2.71. The minimum Gasteiger partial charge on any atom is -0.466 e. The largest absolute Gasteiger partial charge is 0.466 e. The van der Waals surface area contributed by atoms with E-state index < -0.39 is 17.3 Å². The molecule has 8 nitrogen and oxygen atoms in total. The molecule has 0 unspecified atom stereocenters. The maximum absolute atomic E-state index is 12.2. The van der Waals surface area contributed by atoms with Crippen molar-refractivity contribution >= 4 is 17.0 Å². The van der Waals surface area contributed by atoms with E-state index in [2.05, 4.69) is 10.3 Å². The zero-order valence-corrected chi connectivity index (χ0v) is 11.9. The molecule has 0 aliphatic heterocycles. The number of hydrogen-bond acceptors (Lipinski definition) is 5. The Balaban J connectivity index is 1.70. The summed E-state index contributed by atoms with van der Waals surface area (Å²) in [6.07, 6.45) is 0.700. The Kier molecular flexibility index (Phi) is 3.96. The van der Waals surface area contributed by atoms with Crippen molar-refractivity contribution in [3.05, 3.63) is 69.3 Å². The van der Waals surface area contributed by atoms with Crippen LogP contribution >= 0.6 is 0 Å². The molecule has 0 aliphatic rings. The third-order valence-electron chi connectivity index (χ3n) is 3.20. The number of aromatic nitrogens is 2. The second-order valence-corrected chi connectivity index (χ2v) is 4.70. The number of nitrogens with zero attached hydrogens (tertiary/aromatic N) is 1. The lowest BCUT2D eigenvalue weighted by Crippen LogP contribution is -2.41. The van der Waals surface area contributed by atoms with Gasteiger partial charge in [0, 0.05) is 0 Å². The average Bonchev–Trinajstić information content (AvgIpc) is 3.06. The van der Waals surface area contributed by atoms with E-state index in [0.29, 0.717) is 16.7 Å². The normalized spacial score (nSPS) is 10.6. The topological polar surface area (TPSA) is 106 Å². The average molecular weight is 315 g/mol. The van der Waals surface area contributed by atoms with Crippen molar-refractivity contribution in [2.75, 3.05) is 0 Å². The third-order valence-corrected chi connectivity index (χ3v) is 3.20. The number of para-hydroxylation sites is 1. The van der Waals surface area contributed by atoms with Gasteiger partial charge in [0.15, 0.2) is 6.61 Å². The van der Waals surface area contributed by atoms with Crippen LogP contribution in [0, 0.1) is 0 Å². The van der Waals surface area contributed by atoms with E-state index >= 15 is 0 Å². The number of rotatable bonds is 4. The minimum absolute atomic E-state index is 0.0399. The molecule has 118 valence electrons. The number of carbonyl (C=O) groups is 1. The van der Waals surface area contributed by atoms with E-state index in [4.69, 9.17) is 9.15 Å². The first-order chi connectivity index (χ1) is 11.1. The number of alkyl carbamates (subject to hydrolysis) is 1. The van der Waals surface area contributed by atoms with Crippen LogP contribution < -0.4 is 16.6 Å². The fraction of sp³-hybridized carbons (Fsp3) is 0.133. The van der Waals surface area contributed by atoms with E-state index in [9.17, 15) is 14.4 Å². The molecule has 0 bridgehead atoms. The molecule has 0 atom stereocenters. The Morgan fingerprint density at radius 1 is 1.22 bits per heavy atom. The van der Waals surface area contributed by atoms with Crippen LogP contribution in [0.3, 0.4) is 0 Å². The van der Waals surface area contributed by atoms with Crippen LogP contribution in [0.5, 0.6) is 0 Å². The molecule has 1 aromatic carbocycles. The third kappa shape index (κ3) is 3.15. The second kappa shape index (κ2) is 6.22. The number of H-pyrrole nitrogens is 1. The number of ether oxygens (including phenoxy) is 1. The van der Waals surface area contributed by atoms with Gasteiger partial charge >= 0.3 is 11.8 Å². The summed E-state index contributed by atoms with van der Waals surface area (Å²) in [6.45, 7) is -0.336. The van der Waals surface area contributed by atoms with Crippen LogP contribution in [0.1, 0.15) is 5.76 Å². The number of hydrogen-bond donors (Lipinski definition) is 2. The molecule has 0 fully saturated rings.